The van der Waals surface area contributed by atoms with E-state index in [2.05, 4.69) is 12.0 Å². The van der Waals surface area contributed by atoms with E-state index in [1.807, 2.05) is 0 Å². The molecule has 0 fully saturated rings. The second-order valence-electron chi connectivity index (χ2n) is 3.72. The molecule has 2 aromatic rings. The van der Waals surface area contributed by atoms with Crippen LogP contribution in [0.2, 0.25) is 0 Å². The van der Waals surface area contributed by atoms with Gasteiger partial charge in [0.15, 0.2) is 11.5 Å². The van der Waals surface area contributed by atoms with E-state index >= 15 is 0 Å². The highest BCUT2D eigenvalue weighted by atomic mass is 19.1. The van der Waals surface area contributed by atoms with E-state index in [4.69, 9.17) is 10.5 Å². The maximum atomic E-state index is 12.8. The maximum Gasteiger partial charge on any atom is 0.165 e. The molecule has 0 aliphatic heterocycles. The van der Waals surface area contributed by atoms with Crippen molar-refractivity contribution in [2.75, 3.05) is 5.73 Å². The number of ether oxygens (including phenoxy) is 1. The molecule has 0 radical (unpaired) electrons. The maximum absolute atomic E-state index is 12.8. The summed E-state index contributed by atoms with van der Waals surface area (Å²) in [7, 11) is 0. The van der Waals surface area contributed by atoms with Crippen LogP contribution in [0.15, 0.2) is 30.6 Å². The number of nitrogens with two attached hydrogens (primary N) is 1. The number of nitrogen functional groups attached to an aromatic ring is 1. The van der Waals surface area contributed by atoms with E-state index in [0.29, 0.717) is 11.5 Å². The Morgan fingerprint density at radius 2 is 2.29 bits per heavy atom. The van der Waals surface area contributed by atoms with E-state index in [9.17, 15) is 4.39 Å². The molecule has 0 saturated carbocycles. The predicted molar refractivity (Wildman–Crippen MR) is 63.4 cm³/mol. The van der Waals surface area contributed by atoms with E-state index in [1.54, 1.807) is 17.1 Å². The Morgan fingerprint density at radius 1 is 1.47 bits per heavy atom. The third-order valence-corrected chi connectivity index (χ3v) is 2.26. The van der Waals surface area contributed by atoms with E-state index in [1.165, 1.54) is 18.2 Å². The molecule has 1 heterocycles. The molecule has 0 atom stereocenters. The highest BCUT2D eigenvalue weighted by Gasteiger charge is 2.05. The molecule has 1 aromatic carbocycles. The van der Waals surface area contributed by atoms with Gasteiger partial charge in [0.2, 0.25) is 0 Å². The molecule has 90 valence electrons. The smallest absolute Gasteiger partial charge is 0.165 e. The van der Waals surface area contributed by atoms with Gasteiger partial charge in [0.25, 0.3) is 0 Å². The van der Waals surface area contributed by atoms with Crippen molar-refractivity contribution in [1.82, 2.24) is 9.78 Å². The first kappa shape index (κ1) is 11.4. The number of aryl methyl sites for hydroxylation is 1. The SMILES string of the molecule is CCCn1cc(Oc2ccc(F)cc2N)cn1. The van der Waals surface area contributed by atoms with Crippen molar-refractivity contribution in [3.8, 4) is 11.5 Å². The van der Waals surface area contributed by atoms with Gasteiger partial charge < -0.3 is 10.5 Å². The Bertz CT molecular complexity index is 510. The molecule has 0 bridgehead atoms. The number of nitrogens with zero attached hydrogens (tertiary/aromatic N) is 2. The molecule has 0 spiro atoms. The van der Waals surface area contributed by atoms with E-state index in [0.717, 1.165) is 13.0 Å². The first-order valence-corrected chi connectivity index (χ1v) is 5.44. The summed E-state index contributed by atoms with van der Waals surface area (Å²) in [5.74, 6) is 0.649. The van der Waals surface area contributed by atoms with Crippen LogP contribution < -0.4 is 10.5 Å². The third kappa shape index (κ3) is 2.75. The highest BCUT2D eigenvalue weighted by molar-refractivity contribution is 5.53. The minimum Gasteiger partial charge on any atom is -0.452 e. The number of anilines is 1. The molecular weight excluding hydrogens is 221 g/mol. The molecule has 2 N–H and O–H groups in total. The van der Waals surface area contributed by atoms with Crippen LogP contribution in [0.1, 0.15) is 13.3 Å². The lowest BCUT2D eigenvalue weighted by atomic mass is 10.3. The molecular formula is C12H14FN3O. The van der Waals surface area contributed by atoms with Gasteiger partial charge in [-0.3, -0.25) is 4.68 Å². The van der Waals surface area contributed by atoms with Gasteiger partial charge in [0.05, 0.1) is 18.1 Å². The van der Waals surface area contributed by atoms with Gasteiger partial charge in [0, 0.05) is 12.6 Å². The molecule has 0 amide bonds. The number of halogens is 1. The Morgan fingerprint density at radius 3 is 3.00 bits per heavy atom. The van der Waals surface area contributed by atoms with Crippen LogP contribution in [-0.2, 0) is 6.54 Å². The number of benzene rings is 1. The fourth-order valence-electron chi connectivity index (χ4n) is 1.49. The first-order chi connectivity index (χ1) is 8.19. The summed E-state index contributed by atoms with van der Waals surface area (Å²) in [5.41, 5.74) is 5.91. The van der Waals surface area contributed by atoms with Gasteiger partial charge in [-0.15, -0.1) is 0 Å². The lowest BCUT2D eigenvalue weighted by Gasteiger charge is -2.05. The van der Waals surface area contributed by atoms with Crippen LogP contribution in [0.4, 0.5) is 10.1 Å². The molecule has 0 saturated heterocycles. The van der Waals surface area contributed by atoms with Crippen molar-refractivity contribution in [1.29, 1.82) is 0 Å². The zero-order valence-corrected chi connectivity index (χ0v) is 9.56. The van der Waals surface area contributed by atoms with Crippen LogP contribution in [0.5, 0.6) is 11.5 Å². The average molecular weight is 235 g/mol. The summed E-state index contributed by atoms with van der Waals surface area (Å²) < 4.78 is 20.1. The van der Waals surface area contributed by atoms with Crippen LogP contribution in [0, 0.1) is 5.82 Å². The van der Waals surface area contributed by atoms with Gasteiger partial charge in [0.1, 0.15) is 5.82 Å². The van der Waals surface area contributed by atoms with E-state index in [-0.39, 0.29) is 11.5 Å². The van der Waals surface area contributed by atoms with Crippen LogP contribution in [0.3, 0.4) is 0 Å². The van der Waals surface area contributed by atoms with Gasteiger partial charge in [-0.1, -0.05) is 6.92 Å². The minimum atomic E-state index is -0.378. The Kier molecular flexibility index (Phi) is 3.27. The molecule has 0 aliphatic rings. The number of rotatable bonds is 4. The average Bonchev–Trinajstić information content (AvgIpc) is 2.71. The van der Waals surface area contributed by atoms with Crippen LogP contribution in [0.25, 0.3) is 0 Å². The van der Waals surface area contributed by atoms with Crippen molar-refractivity contribution in [3.63, 3.8) is 0 Å². The van der Waals surface area contributed by atoms with Crippen LogP contribution >= 0.6 is 0 Å². The monoisotopic (exact) mass is 235 g/mol. The Labute approximate surface area is 98.8 Å². The Balaban J connectivity index is 2.13. The molecule has 2 rings (SSSR count). The van der Waals surface area contributed by atoms with Gasteiger partial charge >= 0.3 is 0 Å². The normalized spacial score (nSPS) is 10.5. The molecule has 0 aliphatic carbocycles. The molecule has 17 heavy (non-hydrogen) atoms. The van der Waals surface area contributed by atoms with Gasteiger partial charge in [-0.2, -0.15) is 5.10 Å². The quantitative estimate of drug-likeness (QED) is 0.829. The molecule has 4 nitrogen and oxygen atoms in total. The number of aromatic nitrogens is 2. The third-order valence-electron chi connectivity index (χ3n) is 2.26. The molecule has 1 aromatic heterocycles. The van der Waals surface area contributed by atoms with Crippen molar-refractivity contribution in [3.05, 3.63) is 36.4 Å². The van der Waals surface area contributed by atoms with E-state index < -0.39 is 0 Å². The minimum absolute atomic E-state index is 0.272. The van der Waals surface area contributed by atoms with Crippen LogP contribution in [-0.4, -0.2) is 9.78 Å². The summed E-state index contributed by atoms with van der Waals surface area (Å²) in [5, 5.41) is 4.13. The first-order valence-electron chi connectivity index (χ1n) is 5.44. The zero-order chi connectivity index (χ0) is 12.3. The largest absolute Gasteiger partial charge is 0.452 e. The fraction of sp³-hybridized carbons (Fsp3) is 0.250. The van der Waals surface area contributed by atoms with Crippen molar-refractivity contribution in [2.45, 2.75) is 19.9 Å². The second kappa shape index (κ2) is 4.86. The van der Waals surface area contributed by atoms with Gasteiger partial charge in [-0.05, 0) is 18.6 Å². The highest BCUT2D eigenvalue weighted by Crippen LogP contribution is 2.27. The lowest BCUT2D eigenvalue weighted by molar-refractivity contribution is 0.481. The summed E-state index contributed by atoms with van der Waals surface area (Å²) in [6, 6.07) is 4.04. The summed E-state index contributed by atoms with van der Waals surface area (Å²) >= 11 is 0. The Hall–Kier alpha value is -2.04. The topological polar surface area (TPSA) is 53.1 Å². The number of hydrogen-bond donors (Lipinski definition) is 1. The standard InChI is InChI=1S/C12H14FN3O/c1-2-5-16-8-10(7-15-16)17-12-4-3-9(13)6-11(12)14/h3-4,6-8H,2,5,14H2,1H3. The summed E-state index contributed by atoms with van der Waals surface area (Å²) in [6.45, 7) is 2.91. The summed E-state index contributed by atoms with van der Waals surface area (Å²) in [4.78, 5) is 0. The fourth-order valence-corrected chi connectivity index (χ4v) is 1.49. The van der Waals surface area contributed by atoms with Crippen molar-refractivity contribution < 1.29 is 9.13 Å². The van der Waals surface area contributed by atoms with Crippen molar-refractivity contribution in [2.24, 2.45) is 0 Å². The summed E-state index contributed by atoms with van der Waals surface area (Å²) in [6.07, 6.45) is 4.39. The lowest BCUT2D eigenvalue weighted by Crippen LogP contribution is -1.95. The van der Waals surface area contributed by atoms with Gasteiger partial charge in [-0.25, -0.2) is 4.39 Å². The van der Waals surface area contributed by atoms with Crippen molar-refractivity contribution >= 4 is 5.69 Å². The predicted octanol–water partition coefficient (Wildman–Crippen LogP) is 2.81. The number of hydrogen-bond acceptors (Lipinski definition) is 3. The molecule has 0 unspecified atom stereocenters. The molecule has 5 heteroatoms. The second-order valence-corrected chi connectivity index (χ2v) is 3.72. The zero-order valence-electron chi connectivity index (χ0n) is 9.56.